The lowest BCUT2D eigenvalue weighted by Gasteiger charge is -2.21. The second-order valence-electron chi connectivity index (χ2n) is 3.56. The first-order valence-electron chi connectivity index (χ1n) is 4.82. The van der Waals surface area contributed by atoms with E-state index in [9.17, 15) is 9.59 Å². The van der Waals surface area contributed by atoms with Crippen molar-refractivity contribution in [2.45, 2.75) is 25.8 Å². The van der Waals surface area contributed by atoms with Crippen molar-refractivity contribution in [2.75, 3.05) is 5.32 Å². The predicted octanol–water partition coefficient (Wildman–Crippen LogP) is 1.27. The summed E-state index contributed by atoms with van der Waals surface area (Å²) in [7, 11) is 0. The number of thiophene rings is 1. The van der Waals surface area contributed by atoms with Crippen molar-refractivity contribution in [3.63, 3.8) is 0 Å². The molecule has 2 heterocycles. The van der Waals surface area contributed by atoms with Crippen molar-refractivity contribution in [1.29, 1.82) is 0 Å². The lowest BCUT2D eigenvalue weighted by molar-refractivity contribution is -0.133. The second kappa shape index (κ2) is 4.02. The summed E-state index contributed by atoms with van der Waals surface area (Å²) in [5, 5.41) is 6.42. The third kappa shape index (κ3) is 2.36. The molecule has 0 bridgehead atoms. The van der Waals surface area contributed by atoms with Gasteiger partial charge in [0.2, 0.25) is 11.8 Å². The molecule has 0 saturated carbocycles. The third-order valence-electron chi connectivity index (χ3n) is 2.30. The molecule has 1 fully saturated rings. The summed E-state index contributed by atoms with van der Waals surface area (Å²) in [5.41, 5.74) is 0. The van der Waals surface area contributed by atoms with Crippen molar-refractivity contribution >= 4 is 28.2 Å². The average Bonchev–Trinajstić information content (AvgIpc) is 2.56. The maximum atomic E-state index is 11.4. The summed E-state index contributed by atoms with van der Waals surface area (Å²) in [6.07, 6.45) is 0.982. The second-order valence-corrected chi connectivity index (χ2v) is 4.85. The molecule has 0 aromatic carbocycles. The van der Waals surface area contributed by atoms with Crippen LogP contribution in [0.15, 0.2) is 12.1 Å². The zero-order valence-electron chi connectivity index (χ0n) is 8.37. The third-order valence-corrected chi connectivity index (χ3v) is 3.23. The van der Waals surface area contributed by atoms with Crippen LogP contribution in [0.1, 0.15) is 17.7 Å². The van der Waals surface area contributed by atoms with Gasteiger partial charge in [0.05, 0.1) is 5.00 Å². The van der Waals surface area contributed by atoms with Gasteiger partial charge < -0.3 is 5.32 Å². The van der Waals surface area contributed by atoms with Crippen molar-refractivity contribution in [1.82, 2.24) is 5.32 Å². The SMILES string of the molecule is Cc1ccc(NC2CCC(=O)NC2=O)s1. The zero-order valence-corrected chi connectivity index (χ0v) is 9.19. The minimum Gasteiger partial charge on any atom is -0.365 e. The van der Waals surface area contributed by atoms with Gasteiger partial charge in [-0.05, 0) is 25.5 Å². The Morgan fingerprint density at radius 1 is 1.47 bits per heavy atom. The minimum absolute atomic E-state index is 0.180. The highest BCUT2D eigenvalue weighted by atomic mass is 32.1. The Morgan fingerprint density at radius 3 is 2.87 bits per heavy atom. The van der Waals surface area contributed by atoms with Crippen molar-refractivity contribution in [2.24, 2.45) is 0 Å². The van der Waals surface area contributed by atoms with Gasteiger partial charge >= 0.3 is 0 Å². The number of hydrogen-bond acceptors (Lipinski definition) is 4. The molecule has 80 valence electrons. The predicted molar refractivity (Wildman–Crippen MR) is 58.9 cm³/mol. The normalized spacial score (nSPS) is 21.3. The molecule has 4 nitrogen and oxygen atoms in total. The Bertz CT molecular complexity index is 400. The summed E-state index contributed by atoms with van der Waals surface area (Å²) in [6.45, 7) is 2.01. The van der Waals surface area contributed by atoms with E-state index in [0.717, 1.165) is 5.00 Å². The lowest BCUT2D eigenvalue weighted by Crippen LogP contribution is -2.47. The van der Waals surface area contributed by atoms with Crippen molar-refractivity contribution < 1.29 is 9.59 Å². The van der Waals surface area contributed by atoms with E-state index in [0.29, 0.717) is 12.8 Å². The van der Waals surface area contributed by atoms with E-state index >= 15 is 0 Å². The largest absolute Gasteiger partial charge is 0.365 e. The van der Waals surface area contributed by atoms with E-state index < -0.39 is 0 Å². The van der Waals surface area contributed by atoms with Crippen LogP contribution in [-0.4, -0.2) is 17.9 Å². The fourth-order valence-electron chi connectivity index (χ4n) is 1.52. The number of piperidine rings is 1. The number of amides is 2. The Hall–Kier alpha value is -1.36. The molecule has 0 aliphatic carbocycles. The topological polar surface area (TPSA) is 58.2 Å². The van der Waals surface area contributed by atoms with Crippen LogP contribution in [0.5, 0.6) is 0 Å². The van der Waals surface area contributed by atoms with Gasteiger partial charge in [0, 0.05) is 11.3 Å². The number of aryl methyl sites for hydroxylation is 1. The number of nitrogens with one attached hydrogen (secondary N) is 2. The molecule has 1 unspecified atom stereocenters. The highest BCUT2D eigenvalue weighted by molar-refractivity contribution is 7.16. The number of anilines is 1. The van der Waals surface area contributed by atoms with Crippen LogP contribution in [-0.2, 0) is 9.59 Å². The van der Waals surface area contributed by atoms with E-state index in [2.05, 4.69) is 10.6 Å². The maximum absolute atomic E-state index is 11.4. The summed E-state index contributed by atoms with van der Waals surface area (Å²) in [4.78, 5) is 23.5. The Labute approximate surface area is 91.7 Å². The number of hydrogen-bond donors (Lipinski definition) is 2. The van der Waals surface area contributed by atoms with Crippen molar-refractivity contribution in [3.8, 4) is 0 Å². The van der Waals surface area contributed by atoms with E-state index in [-0.39, 0.29) is 17.9 Å². The first-order valence-corrected chi connectivity index (χ1v) is 5.63. The summed E-state index contributed by atoms with van der Waals surface area (Å²) in [6, 6.07) is 3.67. The number of carbonyl (C=O) groups is 2. The van der Waals surface area contributed by atoms with Crippen LogP contribution in [0, 0.1) is 6.92 Å². The van der Waals surface area contributed by atoms with Gasteiger partial charge in [0.1, 0.15) is 6.04 Å². The maximum Gasteiger partial charge on any atom is 0.249 e. The fraction of sp³-hybridized carbons (Fsp3) is 0.400. The van der Waals surface area contributed by atoms with Gasteiger partial charge in [-0.1, -0.05) is 0 Å². The molecule has 2 rings (SSSR count). The molecule has 5 heteroatoms. The van der Waals surface area contributed by atoms with E-state index in [1.54, 1.807) is 11.3 Å². The van der Waals surface area contributed by atoms with Crippen molar-refractivity contribution in [3.05, 3.63) is 17.0 Å². The van der Waals surface area contributed by atoms with Crippen LogP contribution >= 0.6 is 11.3 Å². The standard InChI is InChI=1S/C10H12N2O2S/c1-6-2-5-9(15-6)11-7-3-4-8(13)12-10(7)14/h2,5,7,11H,3-4H2,1H3,(H,12,13,14). The van der Waals surface area contributed by atoms with Gasteiger partial charge in [-0.25, -0.2) is 0 Å². The Morgan fingerprint density at radius 2 is 2.27 bits per heavy atom. The molecule has 1 aromatic rings. The molecule has 15 heavy (non-hydrogen) atoms. The lowest BCUT2D eigenvalue weighted by atomic mass is 10.1. The molecule has 1 aliphatic heterocycles. The van der Waals surface area contributed by atoms with Gasteiger partial charge in [-0.2, -0.15) is 0 Å². The highest BCUT2D eigenvalue weighted by Crippen LogP contribution is 2.22. The monoisotopic (exact) mass is 224 g/mol. The Balaban J connectivity index is 2.00. The quantitative estimate of drug-likeness (QED) is 0.744. The Kier molecular flexibility index (Phi) is 2.73. The van der Waals surface area contributed by atoms with Crippen LogP contribution in [0.2, 0.25) is 0 Å². The molecule has 2 N–H and O–H groups in total. The van der Waals surface area contributed by atoms with Gasteiger partial charge in [0.25, 0.3) is 0 Å². The summed E-state index contributed by atoms with van der Waals surface area (Å²) in [5.74, 6) is -0.405. The molecular formula is C10H12N2O2S. The fourth-order valence-corrected chi connectivity index (χ4v) is 2.34. The number of rotatable bonds is 2. The number of imide groups is 1. The molecule has 1 saturated heterocycles. The van der Waals surface area contributed by atoms with E-state index in [1.165, 1.54) is 4.88 Å². The molecule has 0 spiro atoms. The highest BCUT2D eigenvalue weighted by Gasteiger charge is 2.26. The molecule has 2 amide bonds. The average molecular weight is 224 g/mol. The van der Waals surface area contributed by atoms with Crippen LogP contribution in [0.3, 0.4) is 0 Å². The molecule has 1 atom stereocenters. The van der Waals surface area contributed by atoms with Gasteiger partial charge in [-0.15, -0.1) is 11.3 Å². The smallest absolute Gasteiger partial charge is 0.249 e. The summed E-state index contributed by atoms with van der Waals surface area (Å²) < 4.78 is 0. The summed E-state index contributed by atoms with van der Waals surface area (Å²) >= 11 is 1.61. The van der Waals surface area contributed by atoms with Gasteiger partial charge in [0.15, 0.2) is 0 Å². The molecule has 0 radical (unpaired) electrons. The van der Waals surface area contributed by atoms with Crippen LogP contribution in [0.4, 0.5) is 5.00 Å². The zero-order chi connectivity index (χ0) is 10.8. The van der Waals surface area contributed by atoms with Gasteiger partial charge in [-0.3, -0.25) is 14.9 Å². The van der Waals surface area contributed by atoms with E-state index in [1.807, 2.05) is 19.1 Å². The molecule has 1 aliphatic rings. The number of carbonyl (C=O) groups excluding carboxylic acids is 2. The first-order chi connectivity index (χ1) is 7.15. The van der Waals surface area contributed by atoms with E-state index in [4.69, 9.17) is 0 Å². The van der Waals surface area contributed by atoms with Crippen LogP contribution < -0.4 is 10.6 Å². The molecular weight excluding hydrogens is 212 g/mol. The first kappa shape index (κ1) is 10.2. The minimum atomic E-state index is -0.277. The van der Waals surface area contributed by atoms with Crippen LogP contribution in [0.25, 0.3) is 0 Å². The molecule has 1 aromatic heterocycles.